The number of hydrogen-bond donors (Lipinski definition) is 1. The molecule has 0 bridgehead atoms. The number of nitrogens with zero attached hydrogens (tertiary/aromatic N) is 2. The average molecular weight is 468 g/mol. The molecule has 4 aromatic rings. The summed E-state index contributed by atoms with van der Waals surface area (Å²) in [5, 5.41) is 0.716. The van der Waals surface area contributed by atoms with Gasteiger partial charge in [-0.2, -0.15) is 0 Å². The molecule has 0 saturated carbocycles. The zero-order valence-electron chi connectivity index (χ0n) is 18.0. The molecule has 6 heteroatoms. The van der Waals surface area contributed by atoms with Gasteiger partial charge in [0.2, 0.25) is 0 Å². The smallest absolute Gasteiger partial charge is 0.123 e. The molecule has 166 valence electrons. The Bertz CT molecular complexity index is 1160. The molecule has 0 aliphatic rings. The van der Waals surface area contributed by atoms with Gasteiger partial charge in [0.25, 0.3) is 0 Å². The zero-order valence-corrected chi connectivity index (χ0v) is 19.6. The molecule has 0 aliphatic heterocycles. The van der Waals surface area contributed by atoms with Gasteiger partial charge in [0.15, 0.2) is 0 Å². The molecule has 2 heterocycles. The minimum Gasteiger partial charge on any atom is -0.494 e. The minimum absolute atomic E-state index is 0. The Morgan fingerprint density at radius 1 is 0.906 bits per heavy atom. The van der Waals surface area contributed by atoms with E-state index in [4.69, 9.17) is 22.1 Å². The summed E-state index contributed by atoms with van der Waals surface area (Å²) in [6.07, 6.45) is 2.17. The van der Waals surface area contributed by atoms with Crippen molar-refractivity contribution in [2.24, 2.45) is 0 Å². The number of pyridine rings is 1. The second kappa shape index (κ2) is 11.1. The van der Waals surface area contributed by atoms with E-state index in [1.54, 1.807) is 6.07 Å². The van der Waals surface area contributed by atoms with Crippen LogP contribution in [0.15, 0.2) is 78.9 Å². The molecule has 0 amide bonds. The molecule has 0 unspecified atom stereocenters. The Kier molecular flexibility index (Phi) is 8.20. The van der Waals surface area contributed by atoms with Crippen LogP contribution >= 0.6 is 24.0 Å². The van der Waals surface area contributed by atoms with Gasteiger partial charge in [0.1, 0.15) is 11.6 Å². The van der Waals surface area contributed by atoms with Gasteiger partial charge in [-0.25, -0.2) is 4.98 Å². The fraction of sp³-hybridized carbons (Fsp3) is 0.192. The van der Waals surface area contributed by atoms with Gasteiger partial charge in [-0.05, 0) is 66.6 Å². The predicted molar refractivity (Wildman–Crippen MR) is 136 cm³/mol. The molecule has 2 aromatic heterocycles. The molecule has 0 radical (unpaired) electrons. The molecule has 0 spiro atoms. The van der Waals surface area contributed by atoms with Crippen LogP contribution in [-0.4, -0.2) is 16.2 Å². The topological polar surface area (TPSA) is 53.1 Å². The van der Waals surface area contributed by atoms with Crippen molar-refractivity contribution in [1.82, 2.24) is 9.55 Å². The van der Waals surface area contributed by atoms with Crippen molar-refractivity contribution in [2.75, 3.05) is 12.3 Å². The largest absolute Gasteiger partial charge is 0.494 e. The Labute approximate surface area is 200 Å². The van der Waals surface area contributed by atoms with E-state index in [0.29, 0.717) is 17.4 Å². The van der Waals surface area contributed by atoms with Gasteiger partial charge in [-0.3, -0.25) is 0 Å². The highest BCUT2D eigenvalue weighted by atomic mass is 35.5. The van der Waals surface area contributed by atoms with Crippen molar-refractivity contribution in [3.05, 3.63) is 89.6 Å². The molecule has 0 saturated heterocycles. The number of benzene rings is 2. The molecule has 0 atom stereocenters. The van der Waals surface area contributed by atoms with E-state index < -0.39 is 0 Å². The van der Waals surface area contributed by atoms with Gasteiger partial charge in [-0.1, -0.05) is 49.2 Å². The molecule has 4 rings (SSSR count). The van der Waals surface area contributed by atoms with Crippen molar-refractivity contribution >= 4 is 29.8 Å². The zero-order chi connectivity index (χ0) is 21.6. The summed E-state index contributed by atoms with van der Waals surface area (Å²) in [6, 6.07) is 26.1. The SMILES string of the molecule is CCCCOc1ccc(-c2ccc(-c3ccccc3Cl)n2Cc2cccc(N)n2)cc1.Cl. The van der Waals surface area contributed by atoms with E-state index in [9.17, 15) is 0 Å². The summed E-state index contributed by atoms with van der Waals surface area (Å²) in [5.41, 5.74) is 11.0. The van der Waals surface area contributed by atoms with Crippen LogP contribution < -0.4 is 10.5 Å². The number of halogens is 2. The first-order chi connectivity index (χ1) is 15.2. The van der Waals surface area contributed by atoms with E-state index in [2.05, 4.69) is 40.7 Å². The van der Waals surface area contributed by atoms with Crippen LogP contribution in [0.1, 0.15) is 25.5 Å². The first-order valence-corrected chi connectivity index (χ1v) is 10.9. The lowest BCUT2D eigenvalue weighted by molar-refractivity contribution is 0.309. The number of unbranched alkanes of at least 4 members (excludes halogenated alkanes) is 1. The summed E-state index contributed by atoms with van der Waals surface area (Å²) in [4.78, 5) is 4.50. The quantitative estimate of drug-likeness (QED) is 0.281. The molecule has 0 aliphatic carbocycles. The number of anilines is 1. The molecule has 2 aromatic carbocycles. The predicted octanol–water partition coefficient (Wildman–Crippen LogP) is 7.10. The molecular weight excluding hydrogens is 441 g/mol. The third-order valence-corrected chi connectivity index (χ3v) is 5.53. The van der Waals surface area contributed by atoms with Crippen molar-refractivity contribution in [2.45, 2.75) is 26.3 Å². The average Bonchev–Trinajstić information content (AvgIpc) is 3.18. The van der Waals surface area contributed by atoms with Crippen LogP contribution in [0.25, 0.3) is 22.5 Å². The first kappa shape index (κ1) is 23.7. The maximum absolute atomic E-state index is 6.53. The van der Waals surface area contributed by atoms with E-state index >= 15 is 0 Å². The summed E-state index contributed by atoms with van der Waals surface area (Å²) in [6.45, 7) is 3.49. The second-order valence-electron chi connectivity index (χ2n) is 7.45. The van der Waals surface area contributed by atoms with Crippen LogP contribution in [-0.2, 0) is 6.54 Å². The Hall–Kier alpha value is -2.95. The maximum Gasteiger partial charge on any atom is 0.123 e. The Morgan fingerprint density at radius 3 is 2.38 bits per heavy atom. The van der Waals surface area contributed by atoms with Gasteiger partial charge in [-0.15, -0.1) is 12.4 Å². The number of nitrogens with two attached hydrogens (primary N) is 1. The normalized spacial score (nSPS) is 10.6. The Morgan fingerprint density at radius 2 is 1.66 bits per heavy atom. The van der Waals surface area contributed by atoms with Crippen molar-refractivity contribution in [1.29, 1.82) is 0 Å². The van der Waals surface area contributed by atoms with Crippen molar-refractivity contribution < 1.29 is 4.74 Å². The van der Waals surface area contributed by atoms with Crippen LogP contribution in [0.2, 0.25) is 5.02 Å². The molecular formula is C26H27Cl2N3O. The fourth-order valence-corrected chi connectivity index (χ4v) is 3.83. The summed E-state index contributed by atoms with van der Waals surface area (Å²) >= 11 is 6.53. The highest BCUT2D eigenvalue weighted by Gasteiger charge is 2.15. The third kappa shape index (κ3) is 5.45. The molecule has 2 N–H and O–H groups in total. The van der Waals surface area contributed by atoms with Crippen LogP contribution in [0.5, 0.6) is 5.75 Å². The van der Waals surface area contributed by atoms with E-state index in [-0.39, 0.29) is 12.4 Å². The standard InChI is InChI=1S/C26H26ClN3O.ClH/c1-2-3-17-31-21-13-11-19(12-14-21)24-15-16-25(22-8-4-5-9-23(22)27)30(24)18-20-7-6-10-26(28)29-20;/h4-16H,2-3,17-18H2,1H3,(H2,28,29);1H. The first-order valence-electron chi connectivity index (χ1n) is 10.5. The lowest BCUT2D eigenvalue weighted by atomic mass is 10.1. The lowest BCUT2D eigenvalue weighted by Gasteiger charge is -2.15. The number of rotatable bonds is 8. The van der Waals surface area contributed by atoms with Gasteiger partial charge in [0.05, 0.1) is 24.5 Å². The van der Waals surface area contributed by atoms with Gasteiger partial charge < -0.3 is 15.0 Å². The van der Waals surface area contributed by atoms with Crippen LogP contribution in [0, 0.1) is 0 Å². The maximum atomic E-state index is 6.53. The highest BCUT2D eigenvalue weighted by molar-refractivity contribution is 6.33. The van der Waals surface area contributed by atoms with E-state index in [0.717, 1.165) is 53.4 Å². The Balaban J connectivity index is 0.00000289. The highest BCUT2D eigenvalue weighted by Crippen LogP contribution is 2.34. The summed E-state index contributed by atoms with van der Waals surface area (Å²) in [7, 11) is 0. The van der Waals surface area contributed by atoms with Crippen LogP contribution in [0.4, 0.5) is 5.82 Å². The molecule has 0 fully saturated rings. The second-order valence-corrected chi connectivity index (χ2v) is 7.86. The van der Waals surface area contributed by atoms with Crippen molar-refractivity contribution in [3.8, 4) is 28.3 Å². The number of nitrogen functional groups attached to an aromatic ring is 1. The van der Waals surface area contributed by atoms with Gasteiger partial charge >= 0.3 is 0 Å². The summed E-state index contributed by atoms with van der Waals surface area (Å²) in [5.74, 6) is 1.40. The monoisotopic (exact) mass is 467 g/mol. The lowest BCUT2D eigenvalue weighted by Crippen LogP contribution is -2.06. The molecule has 4 nitrogen and oxygen atoms in total. The summed E-state index contributed by atoms with van der Waals surface area (Å²) < 4.78 is 8.05. The van der Waals surface area contributed by atoms with E-state index in [1.807, 2.05) is 48.5 Å². The number of hydrogen-bond acceptors (Lipinski definition) is 3. The van der Waals surface area contributed by atoms with Gasteiger partial charge in [0, 0.05) is 16.3 Å². The number of aromatic nitrogens is 2. The van der Waals surface area contributed by atoms with Crippen molar-refractivity contribution in [3.63, 3.8) is 0 Å². The van der Waals surface area contributed by atoms with Crippen LogP contribution in [0.3, 0.4) is 0 Å². The number of ether oxygens (including phenoxy) is 1. The fourth-order valence-electron chi connectivity index (χ4n) is 3.60. The molecule has 32 heavy (non-hydrogen) atoms. The van der Waals surface area contributed by atoms with E-state index in [1.165, 1.54) is 0 Å². The minimum atomic E-state index is 0. The third-order valence-electron chi connectivity index (χ3n) is 5.20.